The summed E-state index contributed by atoms with van der Waals surface area (Å²) in [6.45, 7) is 1.01. The number of nitriles is 1. The third kappa shape index (κ3) is 6.64. The number of benzene rings is 2. The van der Waals surface area contributed by atoms with E-state index in [9.17, 15) is 9.59 Å². The minimum Gasteiger partial charge on any atom is -0.477 e. The zero-order valence-electron chi connectivity index (χ0n) is 14.8. The van der Waals surface area contributed by atoms with Gasteiger partial charge in [0.15, 0.2) is 12.7 Å². The van der Waals surface area contributed by atoms with Gasteiger partial charge in [-0.25, -0.2) is 4.79 Å². The summed E-state index contributed by atoms with van der Waals surface area (Å²) in [4.78, 5) is 24.9. The van der Waals surface area contributed by atoms with E-state index in [1.807, 2.05) is 6.07 Å². The molecule has 0 saturated carbocycles. The van der Waals surface area contributed by atoms with Crippen molar-refractivity contribution in [2.75, 3.05) is 17.7 Å². The summed E-state index contributed by atoms with van der Waals surface area (Å²) >= 11 is 13.1. The molecule has 0 aliphatic rings. The molecule has 0 fully saturated rings. The number of hydrogen-bond donors (Lipinski definition) is 1. The third-order valence-corrected chi connectivity index (χ3v) is 4.80. The van der Waals surface area contributed by atoms with E-state index in [1.54, 1.807) is 30.3 Å². The third-order valence-electron chi connectivity index (χ3n) is 3.33. The fourth-order valence-corrected chi connectivity index (χ4v) is 3.18. The molecule has 0 spiro atoms. The second-order valence-corrected chi connectivity index (χ2v) is 7.29. The first-order valence-corrected chi connectivity index (χ1v) is 9.82. The zero-order valence-corrected chi connectivity index (χ0v) is 17.1. The van der Waals surface area contributed by atoms with Crippen molar-refractivity contribution in [1.82, 2.24) is 0 Å². The number of thioether (sulfide) groups is 1. The predicted octanol–water partition coefficient (Wildman–Crippen LogP) is 4.56. The molecule has 0 aliphatic carbocycles. The lowest BCUT2D eigenvalue weighted by Gasteiger charge is -2.15. The number of esters is 1. The molecule has 9 heteroatoms. The Kier molecular flexibility index (Phi) is 8.45. The summed E-state index contributed by atoms with van der Waals surface area (Å²) < 4.78 is 10.4. The van der Waals surface area contributed by atoms with E-state index in [0.717, 1.165) is 4.90 Å². The van der Waals surface area contributed by atoms with Crippen LogP contribution in [0.1, 0.15) is 6.92 Å². The van der Waals surface area contributed by atoms with Crippen molar-refractivity contribution >= 4 is 52.5 Å². The smallest absolute Gasteiger partial charge is 0.347 e. The highest BCUT2D eigenvalue weighted by Crippen LogP contribution is 2.28. The number of carbonyl (C=O) groups excluding carboxylic acids is 2. The Labute approximate surface area is 176 Å². The van der Waals surface area contributed by atoms with Crippen LogP contribution >= 0.6 is 35.0 Å². The molecule has 0 bridgehead atoms. The molecule has 0 radical (unpaired) electrons. The van der Waals surface area contributed by atoms with Crippen molar-refractivity contribution in [3.63, 3.8) is 0 Å². The number of ether oxygens (including phenoxy) is 2. The van der Waals surface area contributed by atoms with Crippen LogP contribution < -0.4 is 10.1 Å². The quantitative estimate of drug-likeness (QED) is 0.479. The van der Waals surface area contributed by atoms with E-state index in [1.165, 1.54) is 30.8 Å². The molecular weight excluding hydrogens is 423 g/mol. The van der Waals surface area contributed by atoms with Gasteiger partial charge in [0.1, 0.15) is 5.75 Å². The van der Waals surface area contributed by atoms with Crippen LogP contribution in [-0.2, 0) is 14.3 Å². The van der Waals surface area contributed by atoms with Gasteiger partial charge in [-0.2, -0.15) is 5.26 Å². The van der Waals surface area contributed by atoms with Gasteiger partial charge in [-0.3, -0.25) is 4.79 Å². The number of amides is 1. The Morgan fingerprint density at radius 3 is 2.71 bits per heavy atom. The maximum Gasteiger partial charge on any atom is 0.347 e. The van der Waals surface area contributed by atoms with E-state index >= 15 is 0 Å². The Morgan fingerprint density at radius 2 is 2.00 bits per heavy atom. The van der Waals surface area contributed by atoms with Gasteiger partial charge in [0.2, 0.25) is 0 Å². The summed E-state index contributed by atoms with van der Waals surface area (Å²) in [6, 6.07) is 13.7. The standard InChI is InChI=1S/C19H16Cl2N2O4S/c1-12(27-16-7-6-13(20)10-14(16)21)19(25)26-11-18(24)23-15-4-2-3-5-17(15)28-9-8-22/h2-7,10,12H,9,11H2,1H3,(H,23,24). The highest BCUT2D eigenvalue weighted by Gasteiger charge is 2.19. The lowest BCUT2D eigenvalue weighted by atomic mass is 10.3. The van der Waals surface area contributed by atoms with Gasteiger partial charge in [-0.05, 0) is 37.3 Å². The van der Waals surface area contributed by atoms with Crippen molar-refractivity contribution in [2.24, 2.45) is 0 Å². The highest BCUT2D eigenvalue weighted by molar-refractivity contribution is 7.99. The number of para-hydroxylation sites is 1. The summed E-state index contributed by atoms with van der Waals surface area (Å²) in [5.41, 5.74) is 0.543. The van der Waals surface area contributed by atoms with Crippen LogP contribution in [0.2, 0.25) is 10.0 Å². The van der Waals surface area contributed by atoms with Crippen LogP contribution in [0.4, 0.5) is 5.69 Å². The highest BCUT2D eigenvalue weighted by atomic mass is 35.5. The number of carbonyl (C=O) groups is 2. The van der Waals surface area contributed by atoms with Gasteiger partial charge in [-0.15, -0.1) is 11.8 Å². The topological polar surface area (TPSA) is 88.4 Å². The maximum absolute atomic E-state index is 12.1. The molecule has 6 nitrogen and oxygen atoms in total. The van der Waals surface area contributed by atoms with Gasteiger partial charge in [-0.1, -0.05) is 35.3 Å². The maximum atomic E-state index is 12.1. The molecule has 28 heavy (non-hydrogen) atoms. The molecule has 2 aromatic carbocycles. The molecule has 0 aliphatic heterocycles. The molecular formula is C19H16Cl2N2O4S. The Hall–Kier alpha value is -2.40. The molecule has 1 N–H and O–H groups in total. The largest absolute Gasteiger partial charge is 0.477 e. The molecule has 146 valence electrons. The number of nitrogens with one attached hydrogen (secondary N) is 1. The monoisotopic (exact) mass is 438 g/mol. The van der Waals surface area contributed by atoms with Crippen LogP contribution in [0.25, 0.3) is 0 Å². The van der Waals surface area contributed by atoms with Crippen LogP contribution in [-0.4, -0.2) is 30.3 Å². The number of anilines is 1. The van der Waals surface area contributed by atoms with Crippen molar-refractivity contribution in [3.05, 3.63) is 52.5 Å². The minimum absolute atomic E-state index is 0.254. The number of rotatable bonds is 8. The lowest BCUT2D eigenvalue weighted by molar-refractivity contribution is -0.153. The SMILES string of the molecule is CC(Oc1ccc(Cl)cc1Cl)C(=O)OCC(=O)Nc1ccccc1SCC#N. The van der Waals surface area contributed by atoms with E-state index in [-0.39, 0.29) is 16.5 Å². The van der Waals surface area contributed by atoms with Crippen LogP contribution in [0.3, 0.4) is 0 Å². The molecule has 0 heterocycles. The second-order valence-electron chi connectivity index (χ2n) is 5.43. The summed E-state index contributed by atoms with van der Waals surface area (Å²) in [7, 11) is 0. The van der Waals surface area contributed by atoms with Crippen LogP contribution in [0.5, 0.6) is 5.75 Å². The fourth-order valence-electron chi connectivity index (χ4n) is 2.06. The van der Waals surface area contributed by atoms with Crippen molar-refractivity contribution < 1.29 is 19.1 Å². The predicted molar refractivity (Wildman–Crippen MR) is 109 cm³/mol. The molecule has 2 rings (SSSR count). The van der Waals surface area contributed by atoms with Crippen LogP contribution in [0, 0.1) is 11.3 Å². The molecule has 1 amide bonds. The second kappa shape index (κ2) is 10.8. The molecule has 2 aromatic rings. The Balaban J connectivity index is 1.87. The first-order chi connectivity index (χ1) is 13.4. The fraction of sp³-hybridized carbons (Fsp3) is 0.211. The minimum atomic E-state index is -0.968. The van der Waals surface area contributed by atoms with Crippen LogP contribution in [0.15, 0.2) is 47.4 Å². The van der Waals surface area contributed by atoms with Gasteiger partial charge in [0.25, 0.3) is 5.91 Å². The number of hydrogen-bond acceptors (Lipinski definition) is 6. The van der Waals surface area contributed by atoms with Gasteiger partial charge < -0.3 is 14.8 Å². The summed E-state index contributed by atoms with van der Waals surface area (Å²) in [5, 5.41) is 12.1. The molecule has 1 unspecified atom stereocenters. The lowest BCUT2D eigenvalue weighted by Crippen LogP contribution is -2.29. The van der Waals surface area contributed by atoms with E-state index in [2.05, 4.69) is 5.32 Å². The van der Waals surface area contributed by atoms with E-state index in [4.69, 9.17) is 37.9 Å². The van der Waals surface area contributed by atoms with E-state index in [0.29, 0.717) is 10.7 Å². The van der Waals surface area contributed by atoms with Crippen molar-refractivity contribution in [1.29, 1.82) is 5.26 Å². The average Bonchev–Trinajstić information content (AvgIpc) is 2.67. The normalized spacial score (nSPS) is 11.2. The summed E-state index contributed by atoms with van der Waals surface area (Å²) in [6.07, 6.45) is -0.968. The zero-order chi connectivity index (χ0) is 20.5. The van der Waals surface area contributed by atoms with Gasteiger partial charge in [0, 0.05) is 9.92 Å². The van der Waals surface area contributed by atoms with Gasteiger partial charge >= 0.3 is 5.97 Å². The van der Waals surface area contributed by atoms with Crippen molar-refractivity contribution in [3.8, 4) is 11.8 Å². The molecule has 1 atom stereocenters. The number of nitrogens with zero attached hydrogens (tertiary/aromatic N) is 1. The van der Waals surface area contributed by atoms with E-state index < -0.39 is 24.6 Å². The average molecular weight is 439 g/mol. The molecule has 0 saturated heterocycles. The van der Waals surface area contributed by atoms with Crippen molar-refractivity contribution in [2.45, 2.75) is 17.9 Å². The summed E-state index contributed by atoms with van der Waals surface area (Å²) in [5.74, 6) is -0.684. The first-order valence-electron chi connectivity index (χ1n) is 8.07. The number of halogens is 2. The Morgan fingerprint density at radius 1 is 1.25 bits per heavy atom. The molecule has 0 aromatic heterocycles. The Bertz CT molecular complexity index is 902. The van der Waals surface area contributed by atoms with Gasteiger partial charge in [0.05, 0.1) is 22.5 Å². The first kappa shape index (κ1) is 21.9.